The standard InChI is InChI=1S/C28H41N3O/c1-16(14-31-15-18(12-29)13-30-31)25-23-17(2)24(23)26-22-6-5-19-11-27(3,32)9-7-20(19)21(22)8-10-28(25,26)4/h13,15-17,19-26,32H,5-11,14H2,1-4H3/t16-,17-,19-,20+,21-,22-,23+,24-,25+,26-,27-,28-/m1/s1. The molecule has 174 valence electrons. The van der Waals surface area contributed by atoms with Crippen LogP contribution in [0.2, 0.25) is 0 Å². The molecular weight excluding hydrogens is 394 g/mol. The van der Waals surface area contributed by atoms with Crippen LogP contribution in [0.15, 0.2) is 12.4 Å². The summed E-state index contributed by atoms with van der Waals surface area (Å²) in [5, 5.41) is 24.4. The van der Waals surface area contributed by atoms with Crippen LogP contribution in [0.5, 0.6) is 0 Å². The van der Waals surface area contributed by atoms with Gasteiger partial charge in [-0.2, -0.15) is 10.4 Å². The molecule has 5 aliphatic rings. The first-order valence-corrected chi connectivity index (χ1v) is 13.4. The lowest BCUT2D eigenvalue weighted by Crippen LogP contribution is -2.52. The van der Waals surface area contributed by atoms with Crippen molar-refractivity contribution >= 4 is 0 Å². The van der Waals surface area contributed by atoms with Crippen molar-refractivity contribution < 1.29 is 5.11 Å². The van der Waals surface area contributed by atoms with Crippen LogP contribution >= 0.6 is 0 Å². The van der Waals surface area contributed by atoms with Crippen LogP contribution in [0.3, 0.4) is 0 Å². The third-order valence-corrected chi connectivity index (χ3v) is 11.5. The van der Waals surface area contributed by atoms with Gasteiger partial charge in [0.1, 0.15) is 6.07 Å². The van der Waals surface area contributed by atoms with E-state index in [1.807, 2.05) is 10.9 Å². The minimum Gasteiger partial charge on any atom is -0.390 e. The Bertz CT molecular complexity index is 929. The van der Waals surface area contributed by atoms with Gasteiger partial charge in [0, 0.05) is 12.7 Å². The van der Waals surface area contributed by atoms with Crippen LogP contribution in [0.4, 0.5) is 0 Å². The highest BCUT2D eigenvalue weighted by atomic mass is 16.3. The Kier molecular flexibility index (Phi) is 4.69. The summed E-state index contributed by atoms with van der Waals surface area (Å²) in [4.78, 5) is 0. The van der Waals surface area contributed by atoms with Gasteiger partial charge in [-0.25, -0.2) is 0 Å². The lowest BCUT2D eigenvalue weighted by Gasteiger charge is -2.58. The SMILES string of the molecule is C[C@H]1[C@@H]2[C@H]1[C@H]([C@H](C)Cn1cc(C#N)cn1)[C@@]1(C)CC[C@H]3[C@@H](CC[C@@H]4C[C@](C)(O)CC[C@@H]43)[C@H]21. The molecule has 32 heavy (non-hydrogen) atoms. The quantitative estimate of drug-likeness (QED) is 0.681. The second kappa shape index (κ2) is 7.08. The van der Waals surface area contributed by atoms with E-state index in [2.05, 4.69) is 38.9 Å². The van der Waals surface area contributed by atoms with Gasteiger partial charge in [-0.15, -0.1) is 0 Å². The molecule has 0 radical (unpaired) electrons. The molecule has 1 aromatic rings. The summed E-state index contributed by atoms with van der Waals surface area (Å²) in [7, 11) is 0. The van der Waals surface area contributed by atoms with Gasteiger partial charge in [0.25, 0.3) is 0 Å². The van der Waals surface area contributed by atoms with E-state index >= 15 is 0 Å². The molecule has 4 nitrogen and oxygen atoms in total. The molecule has 0 saturated heterocycles. The molecule has 0 bridgehead atoms. The number of nitrogens with zero attached hydrogens (tertiary/aromatic N) is 3. The molecule has 12 atom stereocenters. The number of aliphatic hydroxyl groups is 1. The van der Waals surface area contributed by atoms with E-state index in [-0.39, 0.29) is 0 Å². The summed E-state index contributed by atoms with van der Waals surface area (Å²) in [6.45, 7) is 10.7. The van der Waals surface area contributed by atoms with E-state index < -0.39 is 5.60 Å². The Morgan fingerprint density at radius 2 is 1.94 bits per heavy atom. The van der Waals surface area contributed by atoms with E-state index in [1.165, 1.54) is 32.1 Å². The van der Waals surface area contributed by atoms with Crippen LogP contribution in [0.25, 0.3) is 0 Å². The predicted octanol–water partition coefficient (Wildman–Crippen LogP) is 5.51. The lowest BCUT2D eigenvalue weighted by molar-refractivity contribution is -0.114. The van der Waals surface area contributed by atoms with E-state index in [0.29, 0.717) is 16.9 Å². The maximum absolute atomic E-state index is 10.7. The molecule has 4 heteroatoms. The highest BCUT2D eigenvalue weighted by Gasteiger charge is 2.73. The molecule has 0 aliphatic heterocycles. The smallest absolute Gasteiger partial charge is 0.102 e. The number of hydrogen-bond acceptors (Lipinski definition) is 3. The van der Waals surface area contributed by atoms with Crippen molar-refractivity contribution in [2.24, 2.45) is 64.6 Å². The zero-order chi connectivity index (χ0) is 22.4. The first kappa shape index (κ1) is 21.2. The number of hydrogen-bond donors (Lipinski definition) is 1. The molecule has 1 aromatic heterocycles. The van der Waals surface area contributed by atoms with Gasteiger partial charge >= 0.3 is 0 Å². The van der Waals surface area contributed by atoms with Crippen LogP contribution in [0.1, 0.15) is 78.2 Å². The summed E-state index contributed by atoms with van der Waals surface area (Å²) in [6.07, 6.45) is 12.5. The minimum atomic E-state index is -0.418. The Hall–Kier alpha value is -1.34. The molecule has 0 unspecified atom stereocenters. The second-order valence-electron chi connectivity index (χ2n) is 13.2. The maximum Gasteiger partial charge on any atom is 0.102 e. The molecule has 0 spiro atoms. The number of rotatable bonds is 3. The summed E-state index contributed by atoms with van der Waals surface area (Å²) < 4.78 is 2.02. The summed E-state index contributed by atoms with van der Waals surface area (Å²) in [5.41, 5.74) is 0.730. The average molecular weight is 436 g/mol. The largest absolute Gasteiger partial charge is 0.390 e. The van der Waals surface area contributed by atoms with Crippen LogP contribution < -0.4 is 0 Å². The fraction of sp³-hybridized carbons (Fsp3) is 0.857. The summed E-state index contributed by atoms with van der Waals surface area (Å²) in [6, 6.07) is 2.23. The van der Waals surface area contributed by atoms with Crippen molar-refractivity contribution in [2.45, 2.75) is 84.8 Å². The minimum absolute atomic E-state index is 0.418. The topological polar surface area (TPSA) is 61.8 Å². The fourth-order valence-corrected chi connectivity index (χ4v) is 10.5. The van der Waals surface area contributed by atoms with Crippen molar-refractivity contribution in [1.29, 1.82) is 5.26 Å². The summed E-state index contributed by atoms with van der Waals surface area (Å²) in [5.74, 6) is 8.49. The zero-order valence-corrected chi connectivity index (χ0v) is 20.4. The molecular formula is C28H41N3O. The van der Waals surface area contributed by atoms with E-state index in [0.717, 1.165) is 72.6 Å². The Balaban J connectivity index is 1.24. The molecule has 1 heterocycles. The monoisotopic (exact) mass is 435 g/mol. The Morgan fingerprint density at radius 3 is 2.69 bits per heavy atom. The fourth-order valence-electron chi connectivity index (χ4n) is 10.5. The molecule has 0 amide bonds. The molecule has 1 N–H and O–H groups in total. The van der Waals surface area contributed by atoms with Gasteiger partial charge in [-0.3, -0.25) is 4.68 Å². The number of fused-ring (bicyclic) bond motifs is 7. The van der Waals surface area contributed by atoms with Gasteiger partial charge < -0.3 is 5.11 Å². The van der Waals surface area contributed by atoms with Crippen molar-refractivity contribution in [2.75, 3.05) is 0 Å². The normalized spacial score (nSPS) is 52.2. The highest BCUT2D eigenvalue weighted by Crippen LogP contribution is 2.78. The predicted molar refractivity (Wildman–Crippen MR) is 124 cm³/mol. The van der Waals surface area contributed by atoms with E-state index in [4.69, 9.17) is 0 Å². The second-order valence-corrected chi connectivity index (χ2v) is 13.2. The van der Waals surface area contributed by atoms with Crippen molar-refractivity contribution in [3.05, 3.63) is 18.0 Å². The summed E-state index contributed by atoms with van der Waals surface area (Å²) >= 11 is 0. The molecule has 5 aliphatic carbocycles. The van der Waals surface area contributed by atoms with E-state index in [9.17, 15) is 10.4 Å². The molecule has 5 saturated carbocycles. The van der Waals surface area contributed by atoms with Gasteiger partial charge in [-0.05, 0) is 116 Å². The average Bonchev–Trinajstić information content (AvgIpc) is 3.09. The zero-order valence-electron chi connectivity index (χ0n) is 20.4. The van der Waals surface area contributed by atoms with Gasteiger partial charge in [0.2, 0.25) is 0 Å². The van der Waals surface area contributed by atoms with Crippen LogP contribution in [-0.2, 0) is 6.54 Å². The maximum atomic E-state index is 10.7. The van der Waals surface area contributed by atoms with Crippen molar-refractivity contribution in [1.82, 2.24) is 9.78 Å². The van der Waals surface area contributed by atoms with Crippen LogP contribution in [0, 0.1) is 75.9 Å². The van der Waals surface area contributed by atoms with E-state index in [1.54, 1.807) is 6.20 Å². The lowest BCUT2D eigenvalue weighted by atomic mass is 9.47. The van der Waals surface area contributed by atoms with Crippen molar-refractivity contribution in [3.8, 4) is 6.07 Å². The number of aromatic nitrogens is 2. The highest BCUT2D eigenvalue weighted by molar-refractivity contribution is 5.22. The van der Waals surface area contributed by atoms with Crippen molar-refractivity contribution in [3.63, 3.8) is 0 Å². The third-order valence-electron chi connectivity index (χ3n) is 11.5. The number of nitriles is 1. The van der Waals surface area contributed by atoms with Gasteiger partial charge in [0.05, 0.1) is 17.4 Å². The van der Waals surface area contributed by atoms with Gasteiger partial charge in [0.15, 0.2) is 0 Å². The molecule has 5 fully saturated rings. The third kappa shape index (κ3) is 2.99. The Morgan fingerprint density at radius 1 is 1.16 bits per heavy atom. The van der Waals surface area contributed by atoms with Gasteiger partial charge in [-0.1, -0.05) is 20.8 Å². The first-order valence-electron chi connectivity index (χ1n) is 13.4. The first-order chi connectivity index (χ1) is 15.2. The Labute approximate surface area is 193 Å². The molecule has 0 aromatic carbocycles. The van der Waals surface area contributed by atoms with Crippen LogP contribution in [-0.4, -0.2) is 20.5 Å². The molecule has 6 rings (SSSR count).